The Bertz CT molecular complexity index is 462. The van der Waals surface area contributed by atoms with Crippen molar-refractivity contribution in [1.29, 1.82) is 0 Å². The Hall–Kier alpha value is -1.69. The van der Waals surface area contributed by atoms with Crippen molar-refractivity contribution in [2.24, 2.45) is 5.16 Å². The lowest BCUT2D eigenvalue weighted by Gasteiger charge is -2.28. The van der Waals surface area contributed by atoms with Crippen LogP contribution in [0.25, 0.3) is 0 Å². The third-order valence-electron chi connectivity index (χ3n) is 2.46. The highest BCUT2D eigenvalue weighted by Crippen LogP contribution is 2.31. The van der Waals surface area contributed by atoms with Gasteiger partial charge in [-0.15, -0.1) is 0 Å². The van der Waals surface area contributed by atoms with Crippen LogP contribution in [0.4, 0.5) is 8.78 Å². The van der Waals surface area contributed by atoms with Gasteiger partial charge in [0.25, 0.3) is 0 Å². The summed E-state index contributed by atoms with van der Waals surface area (Å²) in [6.07, 6.45) is -1.99. The van der Waals surface area contributed by atoms with Crippen LogP contribution in [0.5, 0.6) is 5.75 Å². The van der Waals surface area contributed by atoms with Gasteiger partial charge in [-0.1, -0.05) is 5.16 Å². The van der Waals surface area contributed by atoms with Crippen LogP contribution in [0.3, 0.4) is 0 Å². The van der Waals surface area contributed by atoms with Gasteiger partial charge in [-0.25, -0.2) is 8.78 Å². The minimum Gasteiger partial charge on any atom is -0.487 e. The zero-order chi connectivity index (χ0) is 11.9. The highest BCUT2D eigenvalue weighted by molar-refractivity contribution is 6.06. The number of aliphatic hydroxyl groups is 1. The number of ether oxygens (including phenoxy) is 1. The van der Waals surface area contributed by atoms with Crippen LogP contribution < -0.4 is 4.74 Å². The first kappa shape index (κ1) is 10.8. The van der Waals surface area contributed by atoms with Crippen molar-refractivity contribution in [3.8, 4) is 5.75 Å². The van der Waals surface area contributed by atoms with E-state index < -0.39 is 23.8 Å². The fraction of sp³-hybridized carbons (Fsp3) is 0.300. The minimum absolute atomic E-state index is 0.0458. The molecule has 1 aliphatic rings. The fourth-order valence-corrected chi connectivity index (χ4v) is 1.61. The predicted molar refractivity (Wildman–Crippen MR) is 50.8 cm³/mol. The molecule has 1 aromatic rings. The summed E-state index contributed by atoms with van der Waals surface area (Å²) in [6.45, 7) is 1.53. The van der Waals surface area contributed by atoms with Crippen molar-refractivity contribution in [2.45, 2.75) is 19.1 Å². The maximum atomic E-state index is 13.5. The molecule has 86 valence electrons. The second-order valence-electron chi connectivity index (χ2n) is 3.49. The Morgan fingerprint density at radius 1 is 1.38 bits per heavy atom. The average molecular weight is 229 g/mol. The van der Waals surface area contributed by atoms with Gasteiger partial charge in [-0.3, -0.25) is 0 Å². The minimum atomic E-state index is -1.30. The van der Waals surface area contributed by atoms with Crippen molar-refractivity contribution in [1.82, 2.24) is 0 Å². The summed E-state index contributed by atoms with van der Waals surface area (Å²) in [5.74, 6) is -2.24. The normalized spacial score (nSPS) is 26.4. The van der Waals surface area contributed by atoms with Gasteiger partial charge in [0, 0.05) is 0 Å². The van der Waals surface area contributed by atoms with Crippen LogP contribution in [-0.4, -0.2) is 28.2 Å². The zero-order valence-corrected chi connectivity index (χ0v) is 8.32. The number of halogens is 2. The summed E-state index contributed by atoms with van der Waals surface area (Å²) < 4.78 is 31.6. The highest BCUT2D eigenvalue weighted by atomic mass is 19.2. The van der Waals surface area contributed by atoms with E-state index in [1.165, 1.54) is 13.0 Å². The standard InChI is InChI=1S/C10H9F2NO3/c1-4-10(14)9(13-15)7-6(16-4)3-2-5(11)8(7)12/h2-4,10,14-15H,1H3/t4-,10+/m0/s1. The molecule has 0 spiro atoms. The van der Waals surface area contributed by atoms with E-state index in [-0.39, 0.29) is 17.0 Å². The SMILES string of the molecule is C[C@@H]1Oc2ccc(F)c(F)c2C(=NO)[C@@H]1O. The molecular formula is C10H9F2NO3. The summed E-state index contributed by atoms with van der Waals surface area (Å²) >= 11 is 0. The lowest BCUT2D eigenvalue weighted by molar-refractivity contribution is 0.0806. The Kier molecular flexibility index (Phi) is 2.51. The van der Waals surface area contributed by atoms with Crippen molar-refractivity contribution in [3.63, 3.8) is 0 Å². The largest absolute Gasteiger partial charge is 0.487 e. The molecule has 4 nitrogen and oxygen atoms in total. The van der Waals surface area contributed by atoms with Gasteiger partial charge in [0.2, 0.25) is 0 Å². The Balaban J connectivity index is 2.66. The van der Waals surface area contributed by atoms with E-state index >= 15 is 0 Å². The van der Waals surface area contributed by atoms with E-state index in [2.05, 4.69) is 5.16 Å². The van der Waals surface area contributed by atoms with Crippen molar-refractivity contribution in [2.75, 3.05) is 0 Å². The lowest BCUT2D eigenvalue weighted by atomic mass is 9.97. The van der Waals surface area contributed by atoms with Gasteiger partial charge in [0.1, 0.15) is 23.7 Å². The van der Waals surface area contributed by atoms with E-state index in [1.807, 2.05) is 0 Å². The molecule has 0 aromatic heterocycles. The number of benzene rings is 1. The Morgan fingerprint density at radius 3 is 2.69 bits per heavy atom. The van der Waals surface area contributed by atoms with Gasteiger partial charge in [-0.2, -0.15) is 0 Å². The van der Waals surface area contributed by atoms with Gasteiger partial charge >= 0.3 is 0 Å². The molecular weight excluding hydrogens is 220 g/mol. The van der Waals surface area contributed by atoms with E-state index in [0.717, 1.165) is 6.07 Å². The molecule has 0 amide bonds. The first-order valence-corrected chi connectivity index (χ1v) is 4.61. The maximum absolute atomic E-state index is 13.5. The topological polar surface area (TPSA) is 62.0 Å². The second kappa shape index (κ2) is 3.71. The van der Waals surface area contributed by atoms with Gasteiger partial charge in [-0.05, 0) is 19.1 Å². The van der Waals surface area contributed by atoms with Crippen molar-refractivity contribution in [3.05, 3.63) is 29.3 Å². The van der Waals surface area contributed by atoms with E-state index in [1.54, 1.807) is 0 Å². The first-order valence-electron chi connectivity index (χ1n) is 4.61. The van der Waals surface area contributed by atoms with Gasteiger partial charge in [0.15, 0.2) is 11.6 Å². The molecule has 0 unspecified atom stereocenters. The quantitative estimate of drug-likeness (QED) is 0.520. The predicted octanol–water partition coefficient (Wildman–Crippen LogP) is 1.28. The lowest BCUT2D eigenvalue weighted by Crippen LogP contribution is -2.41. The fourth-order valence-electron chi connectivity index (χ4n) is 1.61. The molecule has 1 aromatic carbocycles. The Morgan fingerprint density at radius 2 is 2.06 bits per heavy atom. The third-order valence-corrected chi connectivity index (χ3v) is 2.46. The van der Waals surface area contributed by atoms with Crippen LogP contribution in [0.1, 0.15) is 12.5 Å². The number of oxime groups is 1. The number of hydrogen-bond acceptors (Lipinski definition) is 4. The van der Waals surface area contributed by atoms with Crippen LogP contribution in [0, 0.1) is 11.6 Å². The molecule has 0 fully saturated rings. The maximum Gasteiger partial charge on any atom is 0.171 e. The number of rotatable bonds is 0. The molecule has 0 aliphatic carbocycles. The number of fused-ring (bicyclic) bond motifs is 1. The van der Waals surface area contributed by atoms with Crippen LogP contribution in [-0.2, 0) is 0 Å². The molecule has 0 radical (unpaired) electrons. The summed E-state index contributed by atoms with van der Waals surface area (Å²) in [6, 6.07) is 2.13. The number of hydrogen-bond donors (Lipinski definition) is 2. The molecule has 0 saturated carbocycles. The van der Waals surface area contributed by atoms with Crippen molar-refractivity contribution < 1.29 is 23.8 Å². The van der Waals surface area contributed by atoms with Crippen LogP contribution in [0.15, 0.2) is 17.3 Å². The van der Waals surface area contributed by atoms with Crippen LogP contribution >= 0.6 is 0 Å². The average Bonchev–Trinajstić information content (AvgIpc) is 2.26. The Labute approximate surface area is 89.8 Å². The molecule has 1 heterocycles. The molecule has 0 bridgehead atoms. The highest BCUT2D eigenvalue weighted by Gasteiger charge is 2.35. The van der Waals surface area contributed by atoms with E-state index in [0.29, 0.717) is 0 Å². The van der Waals surface area contributed by atoms with E-state index in [4.69, 9.17) is 9.94 Å². The summed E-state index contributed by atoms with van der Waals surface area (Å²) in [5, 5.41) is 21.1. The first-order chi connectivity index (χ1) is 7.56. The monoisotopic (exact) mass is 229 g/mol. The van der Waals surface area contributed by atoms with Gasteiger partial charge in [0.05, 0.1) is 5.56 Å². The second-order valence-corrected chi connectivity index (χ2v) is 3.49. The molecule has 6 heteroatoms. The molecule has 0 saturated heterocycles. The summed E-state index contributed by atoms with van der Waals surface area (Å²) in [5.41, 5.74) is -0.668. The zero-order valence-electron chi connectivity index (χ0n) is 8.32. The molecule has 2 N–H and O–H groups in total. The number of nitrogens with zero attached hydrogens (tertiary/aromatic N) is 1. The molecule has 2 rings (SSSR count). The van der Waals surface area contributed by atoms with Crippen LogP contribution in [0.2, 0.25) is 0 Å². The molecule has 1 aliphatic heterocycles. The number of aliphatic hydroxyl groups excluding tert-OH is 1. The summed E-state index contributed by atoms with van der Waals surface area (Å²) in [4.78, 5) is 0. The van der Waals surface area contributed by atoms with Gasteiger partial charge < -0.3 is 15.1 Å². The summed E-state index contributed by atoms with van der Waals surface area (Å²) in [7, 11) is 0. The third kappa shape index (κ3) is 1.42. The molecule has 16 heavy (non-hydrogen) atoms. The van der Waals surface area contributed by atoms with Crippen molar-refractivity contribution >= 4 is 5.71 Å². The molecule has 2 atom stereocenters. The van der Waals surface area contributed by atoms with E-state index in [9.17, 15) is 13.9 Å². The smallest absolute Gasteiger partial charge is 0.171 e.